The van der Waals surface area contributed by atoms with Crippen LogP contribution in [0, 0.1) is 11.7 Å². The summed E-state index contributed by atoms with van der Waals surface area (Å²) < 4.78 is 40.3. The van der Waals surface area contributed by atoms with Gasteiger partial charge in [-0.15, -0.1) is 0 Å². The lowest BCUT2D eigenvalue weighted by atomic mass is 10.0. The van der Waals surface area contributed by atoms with Crippen LogP contribution in [0.2, 0.25) is 0 Å². The van der Waals surface area contributed by atoms with Crippen molar-refractivity contribution in [2.75, 3.05) is 13.1 Å². The number of halogens is 1. The van der Waals surface area contributed by atoms with Gasteiger partial charge in [-0.2, -0.15) is 4.31 Å². The van der Waals surface area contributed by atoms with E-state index in [0.717, 1.165) is 25.0 Å². The van der Waals surface area contributed by atoms with Crippen molar-refractivity contribution in [2.45, 2.75) is 58.4 Å². The smallest absolute Gasteiger partial charge is 0.251 e. The lowest BCUT2D eigenvalue weighted by Gasteiger charge is -2.19. The van der Waals surface area contributed by atoms with E-state index >= 15 is 0 Å². The summed E-state index contributed by atoms with van der Waals surface area (Å²) in [6.45, 7) is 9.97. The molecule has 0 aliphatic heterocycles. The molecule has 1 N–H and O–H groups in total. The van der Waals surface area contributed by atoms with Crippen LogP contribution in [0.5, 0.6) is 0 Å². The van der Waals surface area contributed by atoms with Gasteiger partial charge in [-0.3, -0.25) is 4.79 Å². The van der Waals surface area contributed by atoms with Crippen LogP contribution >= 0.6 is 0 Å². The highest BCUT2D eigenvalue weighted by atomic mass is 32.2. The molecule has 142 valence electrons. The minimum absolute atomic E-state index is 0.0391. The van der Waals surface area contributed by atoms with Crippen molar-refractivity contribution in [1.29, 1.82) is 0 Å². The monoisotopic (exact) mass is 372 g/mol. The highest BCUT2D eigenvalue weighted by Crippen LogP contribution is 2.21. The quantitative estimate of drug-likeness (QED) is 0.722. The van der Waals surface area contributed by atoms with E-state index < -0.39 is 26.6 Å². The van der Waals surface area contributed by atoms with Crippen LogP contribution in [-0.4, -0.2) is 37.8 Å². The fraction of sp³-hybridized carbons (Fsp3) is 0.611. The number of carbonyl (C=O) groups excluding carboxylic acids is 1. The van der Waals surface area contributed by atoms with Gasteiger partial charge in [0, 0.05) is 24.7 Å². The molecule has 0 spiro atoms. The van der Waals surface area contributed by atoms with Crippen molar-refractivity contribution in [1.82, 2.24) is 9.62 Å². The van der Waals surface area contributed by atoms with Gasteiger partial charge in [0.15, 0.2) is 0 Å². The number of hydrogen-bond acceptors (Lipinski definition) is 3. The molecule has 1 rings (SSSR count). The van der Waals surface area contributed by atoms with Crippen LogP contribution in [0.4, 0.5) is 4.39 Å². The lowest BCUT2D eigenvalue weighted by molar-refractivity contribution is 0.0937. The van der Waals surface area contributed by atoms with Crippen LogP contribution in [0.3, 0.4) is 0 Å². The largest absolute Gasteiger partial charge is 0.350 e. The summed E-state index contributed by atoms with van der Waals surface area (Å²) in [5.74, 6) is -0.709. The second-order valence-electron chi connectivity index (χ2n) is 6.58. The molecule has 1 atom stereocenters. The van der Waals surface area contributed by atoms with Gasteiger partial charge in [0.2, 0.25) is 10.0 Å². The molecule has 0 saturated carbocycles. The lowest BCUT2D eigenvalue weighted by Crippen LogP contribution is -2.34. The average Bonchev–Trinajstić information content (AvgIpc) is 2.53. The molecule has 0 heterocycles. The van der Waals surface area contributed by atoms with Gasteiger partial charge in [0.1, 0.15) is 10.7 Å². The number of sulfonamides is 1. The molecule has 1 aromatic rings. The minimum atomic E-state index is -3.96. The molecule has 0 bridgehead atoms. The van der Waals surface area contributed by atoms with Crippen molar-refractivity contribution in [3.05, 3.63) is 29.6 Å². The summed E-state index contributed by atoms with van der Waals surface area (Å²) in [6.07, 6.45) is 1.81. The predicted octanol–water partition coefficient (Wildman–Crippen LogP) is 3.41. The van der Waals surface area contributed by atoms with E-state index in [-0.39, 0.29) is 24.7 Å². The van der Waals surface area contributed by atoms with Crippen LogP contribution < -0.4 is 5.32 Å². The first-order valence-electron chi connectivity index (χ1n) is 8.74. The van der Waals surface area contributed by atoms with E-state index in [1.165, 1.54) is 10.4 Å². The third kappa shape index (κ3) is 5.78. The zero-order chi connectivity index (χ0) is 19.2. The molecule has 0 fully saturated rings. The molecule has 0 aliphatic rings. The Bertz CT molecular complexity index is 686. The third-order valence-corrected chi connectivity index (χ3v) is 6.14. The van der Waals surface area contributed by atoms with Crippen LogP contribution in [0.15, 0.2) is 23.1 Å². The molecule has 0 aliphatic carbocycles. The zero-order valence-corrected chi connectivity index (χ0v) is 16.5. The molecule has 5 nitrogen and oxygen atoms in total. The Hall–Kier alpha value is -1.47. The first-order valence-corrected chi connectivity index (χ1v) is 10.2. The number of carbonyl (C=O) groups is 1. The van der Waals surface area contributed by atoms with Gasteiger partial charge in [-0.05, 0) is 43.9 Å². The number of nitrogens with zero attached hydrogens (tertiary/aromatic N) is 1. The highest BCUT2D eigenvalue weighted by Gasteiger charge is 2.26. The fourth-order valence-electron chi connectivity index (χ4n) is 2.51. The molecular weight excluding hydrogens is 343 g/mol. The Labute approximate surface area is 150 Å². The van der Waals surface area contributed by atoms with E-state index in [0.29, 0.717) is 5.92 Å². The molecule has 0 radical (unpaired) electrons. The number of amides is 1. The third-order valence-electron chi connectivity index (χ3n) is 4.07. The molecule has 1 unspecified atom stereocenters. The second-order valence-corrected chi connectivity index (χ2v) is 8.49. The van der Waals surface area contributed by atoms with Crippen LogP contribution in [0.1, 0.15) is 57.8 Å². The van der Waals surface area contributed by atoms with Crippen LogP contribution in [-0.2, 0) is 10.0 Å². The van der Waals surface area contributed by atoms with Crippen molar-refractivity contribution < 1.29 is 17.6 Å². The summed E-state index contributed by atoms with van der Waals surface area (Å²) in [6, 6.07) is 3.42. The number of nitrogens with one attached hydrogen (secondary N) is 1. The maximum absolute atomic E-state index is 14.1. The van der Waals surface area contributed by atoms with E-state index in [1.807, 2.05) is 6.92 Å². The number of rotatable bonds is 9. The SMILES string of the molecule is CCN(CC)S(=O)(=O)c1cc(C(=O)NC(C)CCC(C)C)ccc1F. The first-order chi connectivity index (χ1) is 11.6. The summed E-state index contributed by atoms with van der Waals surface area (Å²) in [7, 11) is -3.96. The summed E-state index contributed by atoms with van der Waals surface area (Å²) in [5.41, 5.74) is 0.142. The van der Waals surface area contributed by atoms with Gasteiger partial charge in [0.25, 0.3) is 5.91 Å². The van der Waals surface area contributed by atoms with Gasteiger partial charge in [0.05, 0.1) is 0 Å². The number of hydrogen-bond donors (Lipinski definition) is 1. The summed E-state index contributed by atoms with van der Waals surface area (Å²) in [5, 5.41) is 2.84. The van der Waals surface area contributed by atoms with E-state index in [4.69, 9.17) is 0 Å². The van der Waals surface area contributed by atoms with Gasteiger partial charge in [-0.25, -0.2) is 12.8 Å². The standard InChI is InChI=1S/C18H29FN2O3S/c1-6-21(7-2)25(23,24)17-12-15(10-11-16(17)19)18(22)20-14(5)9-8-13(3)4/h10-14H,6-9H2,1-5H3,(H,20,22). The predicted molar refractivity (Wildman–Crippen MR) is 97.5 cm³/mol. The second kappa shape index (κ2) is 9.29. The van der Waals surface area contributed by atoms with Crippen molar-refractivity contribution in [2.24, 2.45) is 5.92 Å². The topological polar surface area (TPSA) is 66.5 Å². The molecule has 1 aromatic carbocycles. The van der Waals surface area contributed by atoms with E-state index in [1.54, 1.807) is 13.8 Å². The normalized spacial score (nSPS) is 13.3. The van der Waals surface area contributed by atoms with Crippen LogP contribution in [0.25, 0.3) is 0 Å². The van der Waals surface area contributed by atoms with Gasteiger partial charge < -0.3 is 5.32 Å². The van der Waals surface area contributed by atoms with Crippen molar-refractivity contribution in [3.8, 4) is 0 Å². The average molecular weight is 373 g/mol. The maximum Gasteiger partial charge on any atom is 0.251 e. The van der Waals surface area contributed by atoms with Crippen molar-refractivity contribution >= 4 is 15.9 Å². The molecular formula is C18H29FN2O3S. The Balaban J connectivity index is 3.03. The number of benzene rings is 1. The molecule has 25 heavy (non-hydrogen) atoms. The van der Waals surface area contributed by atoms with Gasteiger partial charge in [-0.1, -0.05) is 27.7 Å². The molecule has 0 saturated heterocycles. The van der Waals surface area contributed by atoms with E-state index in [2.05, 4.69) is 19.2 Å². The fourth-order valence-corrected chi connectivity index (χ4v) is 4.06. The Morgan fingerprint density at radius 3 is 2.28 bits per heavy atom. The summed E-state index contributed by atoms with van der Waals surface area (Å²) in [4.78, 5) is 11.9. The Morgan fingerprint density at radius 1 is 1.16 bits per heavy atom. The Morgan fingerprint density at radius 2 is 1.76 bits per heavy atom. The molecule has 1 amide bonds. The van der Waals surface area contributed by atoms with Gasteiger partial charge >= 0.3 is 0 Å². The van der Waals surface area contributed by atoms with E-state index in [9.17, 15) is 17.6 Å². The summed E-state index contributed by atoms with van der Waals surface area (Å²) >= 11 is 0. The Kier molecular flexibility index (Phi) is 8.02. The molecule has 7 heteroatoms. The van der Waals surface area contributed by atoms with Crippen molar-refractivity contribution in [3.63, 3.8) is 0 Å². The molecule has 0 aromatic heterocycles. The minimum Gasteiger partial charge on any atom is -0.350 e. The zero-order valence-electron chi connectivity index (χ0n) is 15.7. The highest BCUT2D eigenvalue weighted by molar-refractivity contribution is 7.89. The first kappa shape index (κ1) is 21.6. The maximum atomic E-state index is 14.1.